The van der Waals surface area contributed by atoms with Gasteiger partial charge in [0.1, 0.15) is 0 Å². The van der Waals surface area contributed by atoms with E-state index in [9.17, 15) is 0 Å². The molecule has 0 aliphatic carbocycles. The van der Waals surface area contributed by atoms with E-state index in [1.165, 1.54) is 10.5 Å². The van der Waals surface area contributed by atoms with E-state index in [0.717, 1.165) is 15.8 Å². The number of hydrogen-bond acceptors (Lipinski definition) is 2. The Hall–Kier alpha value is -0.670. The van der Waals surface area contributed by atoms with Gasteiger partial charge in [0.25, 0.3) is 0 Å². The van der Waals surface area contributed by atoms with E-state index >= 15 is 0 Å². The maximum atomic E-state index is 5.98. The van der Waals surface area contributed by atoms with Crippen LogP contribution in [0.2, 0.25) is 10.0 Å². The number of benzene rings is 2. The highest BCUT2D eigenvalue weighted by atomic mass is 35.5. The molecular weight excluding hydrogens is 297 g/mol. The molecular formula is C15H15Cl2NS. The summed E-state index contributed by atoms with van der Waals surface area (Å²) in [4.78, 5) is 1.18. The molecule has 0 aromatic heterocycles. The summed E-state index contributed by atoms with van der Waals surface area (Å²) in [5.41, 5.74) is 1.24. The maximum absolute atomic E-state index is 5.98. The number of hydrogen-bond donors (Lipinski definition) is 1. The molecule has 4 heteroatoms. The van der Waals surface area contributed by atoms with Crippen molar-refractivity contribution < 1.29 is 0 Å². The molecule has 0 amide bonds. The van der Waals surface area contributed by atoms with Crippen LogP contribution in [0.3, 0.4) is 0 Å². The highest BCUT2D eigenvalue weighted by molar-refractivity contribution is 7.99. The molecule has 0 aliphatic heterocycles. The van der Waals surface area contributed by atoms with Crippen LogP contribution in [-0.4, -0.2) is 12.8 Å². The van der Waals surface area contributed by atoms with Gasteiger partial charge >= 0.3 is 0 Å². The Balaban J connectivity index is 2.01. The van der Waals surface area contributed by atoms with Gasteiger partial charge in [0.05, 0.1) is 0 Å². The van der Waals surface area contributed by atoms with Gasteiger partial charge < -0.3 is 5.32 Å². The third-order valence-corrected chi connectivity index (χ3v) is 4.41. The number of thioether (sulfide) groups is 1. The van der Waals surface area contributed by atoms with Crippen LogP contribution in [0.5, 0.6) is 0 Å². The topological polar surface area (TPSA) is 12.0 Å². The van der Waals surface area contributed by atoms with E-state index in [-0.39, 0.29) is 0 Å². The molecule has 0 radical (unpaired) electrons. The van der Waals surface area contributed by atoms with Crippen LogP contribution in [0.1, 0.15) is 11.6 Å². The lowest BCUT2D eigenvalue weighted by atomic mass is 10.1. The van der Waals surface area contributed by atoms with Crippen LogP contribution >= 0.6 is 35.0 Å². The average molecular weight is 312 g/mol. The fraction of sp³-hybridized carbons (Fsp3) is 0.200. The van der Waals surface area contributed by atoms with Gasteiger partial charge in [-0.25, -0.2) is 0 Å². The second kappa shape index (κ2) is 7.20. The van der Waals surface area contributed by atoms with Gasteiger partial charge in [-0.2, -0.15) is 0 Å². The van der Waals surface area contributed by atoms with Gasteiger partial charge in [0.15, 0.2) is 0 Å². The van der Waals surface area contributed by atoms with Gasteiger partial charge in [-0.15, -0.1) is 11.8 Å². The minimum Gasteiger partial charge on any atom is -0.312 e. The summed E-state index contributed by atoms with van der Waals surface area (Å²) < 4.78 is 0. The smallest absolute Gasteiger partial charge is 0.0417 e. The van der Waals surface area contributed by atoms with Gasteiger partial charge in [0, 0.05) is 26.7 Å². The highest BCUT2D eigenvalue weighted by Gasteiger charge is 2.09. The summed E-state index contributed by atoms with van der Waals surface area (Å²) in [6.45, 7) is 0. The standard InChI is InChI=1S/C15H15Cl2NS/c1-18-15(11-5-7-12(16)8-6-11)10-19-14-4-2-3-13(17)9-14/h2-9,15,18H,10H2,1H3. The number of nitrogens with one attached hydrogen (secondary N) is 1. The zero-order valence-corrected chi connectivity index (χ0v) is 12.9. The van der Waals surface area contributed by atoms with Crippen molar-refractivity contribution in [3.8, 4) is 0 Å². The Morgan fingerprint density at radius 3 is 2.42 bits per heavy atom. The molecule has 0 bridgehead atoms. The van der Waals surface area contributed by atoms with Crippen molar-refractivity contribution in [2.45, 2.75) is 10.9 Å². The normalized spacial score (nSPS) is 12.4. The highest BCUT2D eigenvalue weighted by Crippen LogP contribution is 2.27. The first kappa shape index (κ1) is 14.7. The molecule has 1 atom stereocenters. The van der Waals surface area contributed by atoms with Gasteiger partial charge in [0.2, 0.25) is 0 Å². The lowest BCUT2D eigenvalue weighted by Crippen LogP contribution is -2.18. The van der Waals surface area contributed by atoms with E-state index in [4.69, 9.17) is 23.2 Å². The van der Waals surface area contributed by atoms with Crippen LogP contribution in [-0.2, 0) is 0 Å². The molecule has 1 nitrogen and oxygen atoms in total. The Labute approximate surface area is 128 Å². The van der Waals surface area contributed by atoms with Crippen molar-refractivity contribution in [2.75, 3.05) is 12.8 Å². The summed E-state index contributed by atoms with van der Waals surface area (Å²) in [6, 6.07) is 16.2. The fourth-order valence-electron chi connectivity index (χ4n) is 1.78. The predicted molar refractivity (Wildman–Crippen MR) is 85.4 cm³/mol. The van der Waals surface area contributed by atoms with Gasteiger partial charge in [-0.1, -0.05) is 41.4 Å². The minimum absolute atomic E-state index is 0.293. The molecule has 2 rings (SSSR count). The second-order valence-corrected chi connectivity index (χ2v) is 6.13. The second-order valence-electron chi connectivity index (χ2n) is 4.16. The van der Waals surface area contributed by atoms with Crippen molar-refractivity contribution in [3.63, 3.8) is 0 Å². The van der Waals surface area contributed by atoms with Crippen LogP contribution in [0, 0.1) is 0 Å². The number of rotatable bonds is 5. The minimum atomic E-state index is 0.293. The summed E-state index contributed by atoms with van der Waals surface area (Å²) in [6.07, 6.45) is 0. The molecule has 0 saturated heterocycles. The molecule has 1 N–H and O–H groups in total. The summed E-state index contributed by atoms with van der Waals surface area (Å²) in [5, 5.41) is 4.87. The molecule has 0 spiro atoms. The van der Waals surface area contributed by atoms with Crippen LogP contribution in [0.15, 0.2) is 53.4 Å². The third kappa shape index (κ3) is 4.43. The zero-order chi connectivity index (χ0) is 13.7. The van der Waals surface area contributed by atoms with Crippen LogP contribution < -0.4 is 5.32 Å². The Morgan fingerprint density at radius 2 is 1.79 bits per heavy atom. The molecule has 1 unspecified atom stereocenters. The van der Waals surface area contributed by atoms with E-state index in [0.29, 0.717) is 6.04 Å². The monoisotopic (exact) mass is 311 g/mol. The number of halogens is 2. The molecule has 19 heavy (non-hydrogen) atoms. The first-order valence-corrected chi connectivity index (χ1v) is 7.74. The SMILES string of the molecule is CNC(CSc1cccc(Cl)c1)c1ccc(Cl)cc1. The first-order valence-electron chi connectivity index (χ1n) is 6.00. The van der Waals surface area contributed by atoms with E-state index in [2.05, 4.69) is 23.5 Å². The van der Waals surface area contributed by atoms with Gasteiger partial charge in [-0.3, -0.25) is 0 Å². The Kier molecular flexibility index (Phi) is 5.59. The molecule has 2 aromatic rings. The molecule has 2 aromatic carbocycles. The first-order chi connectivity index (χ1) is 9.19. The van der Waals surface area contributed by atoms with Crippen molar-refractivity contribution in [2.24, 2.45) is 0 Å². The van der Waals surface area contributed by atoms with Crippen molar-refractivity contribution >= 4 is 35.0 Å². The van der Waals surface area contributed by atoms with E-state index in [1.54, 1.807) is 11.8 Å². The van der Waals surface area contributed by atoms with Crippen molar-refractivity contribution in [3.05, 3.63) is 64.1 Å². The lowest BCUT2D eigenvalue weighted by molar-refractivity contribution is 0.662. The quantitative estimate of drug-likeness (QED) is 0.776. The lowest BCUT2D eigenvalue weighted by Gasteiger charge is -2.16. The molecule has 0 heterocycles. The third-order valence-electron chi connectivity index (χ3n) is 2.83. The molecule has 0 fully saturated rings. The van der Waals surface area contributed by atoms with E-state index in [1.807, 2.05) is 37.4 Å². The predicted octanol–water partition coefficient (Wildman–Crippen LogP) is 5.05. The molecule has 0 saturated carbocycles. The Morgan fingerprint density at radius 1 is 1.05 bits per heavy atom. The van der Waals surface area contributed by atoms with Crippen LogP contribution in [0.4, 0.5) is 0 Å². The average Bonchev–Trinajstić information content (AvgIpc) is 2.41. The van der Waals surface area contributed by atoms with Crippen LogP contribution in [0.25, 0.3) is 0 Å². The zero-order valence-electron chi connectivity index (χ0n) is 10.6. The van der Waals surface area contributed by atoms with Crippen molar-refractivity contribution in [1.82, 2.24) is 5.32 Å². The Bertz CT molecular complexity index is 528. The summed E-state index contributed by atoms with van der Waals surface area (Å²) in [5.74, 6) is 0.943. The summed E-state index contributed by atoms with van der Waals surface area (Å²) in [7, 11) is 1.97. The fourth-order valence-corrected chi connectivity index (χ4v) is 3.26. The van der Waals surface area contributed by atoms with Crippen molar-refractivity contribution in [1.29, 1.82) is 0 Å². The maximum Gasteiger partial charge on any atom is 0.0417 e. The summed E-state index contributed by atoms with van der Waals surface area (Å²) >= 11 is 13.7. The van der Waals surface area contributed by atoms with E-state index < -0.39 is 0 Å². The largest absolute Gasteiger partial charge is 0.312 e. The van der Waals surface area contributed by atoms with Gasteiger partial charge in [-0.05, 0) is 42.9 Å². The molecule has 0 aliphatic rings. The molecule has 100 valence electrons.